The van der Waals surface area contributed by atoms with E-state index in [1.807, 2.05) is 32.2 Å². The first-order valence-corrected chi connectivity index (χ1v) is 7.74. The number of nitrogens with one attached hydrogen (secondary N) is 1. The maximum atomic E-state index is 5.35. The fourth-order valence-corrected chi connectivity index (χ4v) is 2.21. The van der Waals surface area contributed by atoms with E-state index in [0.29, 0.717) is 13.2 Å². The normalized spacial score (nSPS) is 11.7. The van der Waals surface area contributed by atoms with Crippen LogP contribution in [0.2, 0.25) is 0 Å². The molecule has 0 radical (unpaired) electrons. The lowest BCUT2D eigenvalue weighted by Gasteiger charge is -2.22. The summed E-state index contributed by atoms with van der Waals surface area (Å²) < 4.78 is 15.8. The lowest BCUT2D eigenvalue weighted by molar-refractivity contribution is 0.207. The van der Waals surface area contributed by atoms with Gasteiger partial charge in [0.2, 0.25) is 0 Å². The molecule has 0 bridgehead atoms. The van der Waals surface area contributed by atoms with E-state index >= 15 is 0 Å². The van der Waals surface area contributed by atoms with Gasteiger partial charge in [0.15, 0.2) is 5.96 Å². The SMILES string of the molecule is COCCN=C(NCCc1ccco1)N(C)Cc1ccoc1C. The first-order chi connectivity index (χ1) is 11.2. The molecule has 2 heterocycles. The van der Waals surface area contributed by atoms with Crippen molar-refractivity contribution in [2.24, 2.45) is 4.99 Å². The van der Waals surface area contributed by atoms with Crippen molar-refractivity contribution in [3.63, 3.8) is 0 Å². The molecule has 0 aliphatic carbocycles. The van der Waals surface area contributed by atoms with Gasteiger partial charge in [-0.05, 0) is 25.1 Å². The third-order valence-electron chi connectivity index (χ3n) is 3.53. The van der Waals surface area contributed by atoms with Gasteiger partial charge >= 0.3 is 0 Å². The second-order valence-electron chi connectivity index (χ2n) is 5.31. The van der Waals surface area contributed by atoms with Gasteiger partial charge in [-0.1, -0.05) is 0 Å². The maximum absolute atomic E-state index is 5.35. The van der Waals surface area contributed by atoms with Crippen molar-refractivity contribution in [1.82, 2.24) is 10.2 Å². The van der Waals surface area contributed by atoms with Crippen molar-refractivity contribution in [3.05, 3.63) is 47.8 Å². The highest BCUT2D eigenvalue weighted by Gasteiger charge is 2.10. The van der Waals surface area contributed by atoms with Gasteiger partial charge in [0.25, 0.3) is 0 Å². The summed E-state index contributed by atoms with van der Waals surface area (Å²) in [5.74, 6) is 2.74. The van der Waals surface area contributed by atoms with Gasteiger partial charge in [-0.3, -0.25) is 4.99 Å². The summed E-state index contributed by atoms with van der Waals surface area (Å²) >= 11 is 0. The Morgan fingerprint density at radius 1 is 1.30 bits per heavy atom. The van der Waals surface area contributed by atoms with Crippen LogP contribution < -0.4 is 5.32 Å². The van der Waals surface area contributed by atoms with E-state index in [1.54, 1.807) is 19.6 Å². The van der Waals surface area contributed by atoms with E-state index in [4.69, 9.17) is 13.6 Å². The molecule has 6 heteroatoms. The van der Waals surface area contributed by atoms with Crippen LogP contribution >= 0.6 is 0 Å². The van der Waals surface area contributed by atoms with Gasteiger partial charge in [0, 0.05) is 39.2 Å². The Hall–Kier alpha value is -2.21. The highest BCUT2D eigenvalue weighted by Crippen LogP contribution is 2.11. The van der Waals surface area contributed by atoms with Crippen LogP contribution in [0.25, 0.3) is 0 Å². The molecule has 0 saturated carbocycles. The highest BCUT2D eigenvalue weighted by molar-refractivity contribution is 5.79. The standard InChI is InChI=1S/C17H25N3O3/c1-14-15(7-11-22-14)13-20(2)17(19-9-12-21-3)18-8-6-16-5-4-10-23-16/h4-5,7,10-11H,6,8-9,12-13H2,1-3H3,(H,18,19). The molecular formula is C17H25N3O3. The Balaban J connectivity index is 1.92. The minimum Gasteiger partial charge on any atom is -0.469 e. The van der Waals surface area contributed by atoms with Crippen molar-refractivity contribution in [2.75, 3.05) is 33.9 Å². The zero-order valence-corrected chi connectivity index (χ0v) is 14.0. The van der Waals surface area contributed by atoms with Crippen LogP contribution in [-0.4, -0.2) is 44.7 Å². The van der Waals surface area contributed by atoms with E-state index < -0.39 is 0 Å². The zero-order valence-electron chi connectivity index (χ0n) is 14.0. The van der Waals surface area contributed by atoms with Crippen molar-refractivity contribution in [1.29, 1.82) is 0 Å². The minimum absolute atomic E-state index is 0.599. The minimum atomic E-state index is 0.599. The summed E-state index contributed by atoms with van der Waals surface area (Å²) in [4.78, 5) is 6.67. The molecule has 23 heavy (non-hydrogen) atoms. The van der Waals surface area contributed by atoms with Crippen LogP contribution in [0, 0.1) is 6.92 Å². The van der Waals surface area contributed by atoms with Gasteiger partial charge in [-0.2, -0.15) is 0 Å². The summed E-state index contributed by atoms with van der Waals surface area (Å²) in [6.07, 6.45) is 4.22. The molecule has 0 amide bonds. The number of hydrogen-bond donors (Lipinski definition) is 1. The van der Waals surface area contributed by atoms with Gasteiger partial charge in [0.1, 0.15) is 11.5 Å². The van der Waals surface area contributed by atoms with E-state index in [-0.39, 0.29) is 0 Å². The number of guanidine groups is 1. The molecule has 0 aliphatic heterocycles. The summed E-state index contributed by atoms with van der Waals surface area (Å²) in [6, 6.07) is 5.86. The fraction of sp³-hybridized carbons (Fsp3) is 0.471. The van der Waals surface area contributed by atoms with Crippen LogP contribution in [-0.2, 0) is 17.7 Å². The molecule has 2 aromatic heterocycles. The molecule has 126 valence electrons. The second-order valence-corrected chi connectivity index (χ2v) is 5.31. The molecule has 2 rings (SSSR count). The van der Waals surface area contributed by atoms with Gasteiger partial charge < -0.3 is 23.8 Å². The number of aliphatic imine (C=N–C) groups is 1. The second kappa shape index (κ2) is 9.05. The first-order valence-electron chi connectivity index (χ1n) is 7.74. The van der Waals surface area contributed by atoms with Gasteiger partial charge in [0.05, 0.1) is 25.7 Å². The quantitative estimate of drug-likeness (QED) is 0.460. The van der Waals surface area contributed by atoms with Crippen LogP contribution in [0.5, 0.6) is 0 Å². The number of rotatable bonds is 8. The Labute approximate surface area is 137 Å². The average molecular weight is 319 g/mol. The average Bonchev–Trinajstić information content (AvgIpc) is 3.18. The van der Waals surface area contributed by atoms with Gasteiger partial charge in [-0.15, -0.1) is 0 Å². The predicted octanol–water partition coefficient (Wildman–Crippen LogP) is 2.45. The summed E-state index contributed by atoms with van der Waals surface area (Å²) in [5, 5.41) is 3.38. The Morgan fingerprint density at radius 2 is 2.17 bits per heavy atom. The third-order valence-corrected chi connectivity index (χ3v) is 3.53. The Morgan fingerprint density at radius 3 is 2.83 bits per heavy atom. The maximum Gasteiger partial charge on any atom is 0.194 e. The number of methoxy groups -OCH3 is 1. The molecule has 0 fully saturated rings. The number of hydrogen-bond acceptors (Lipinski definition) is 4. The Kier molecular flexibility index (Phi) is 6.75. The Bertz CT molecular complexity index is 590. The molecule has 0 unspecified atom stereocenters. The lowest BCUT2D eigenvalue weighted by atomic mass is 10.2. The van der Waals surface area contributed by atoms with Gasteiger partial charge in [-0.25, -0.2) is 0 Å². The highest BCUT2D eigenvalue weighted by atomic mass is 16.5. The van der Waals surface area contributed by atoms with Crippen LogP contribution in [0.3, 0.4) is 0 Å². The van der Waals surface area contributed by atoms with E-state index in [9.17, 15) is 0 Å². The molecule has 0 spiro atoms. The largest absolute Gasteiger partial charge is 0.469 e. The fourth-order valence-electron chi connectivity index (χ4n) is 2.21. The number of ether oxygens (including phenoxy) is 1. The molecule has 0 aromatic carbocycles. The molecule has 0 atom stereocenters. The smallest absolute Gasteiger partial charge is 0.194 e. The first kappa shape index (κ1) is 17.1. The number of furan rings is 2. The van der Waals surface area contributed by atoms with E-state index in [0.717, 1.165) is 42.6 Å². The van der Waals surface area contributed by atoms with Crippen molar-refractivity contribution in [2.45, 2.75) is 19.9 Å². The number of aryl methyl sites for hydroxylation is 1. The molecule has 6 nitrogen and oxygen atoms in total. The molecule has 2 aromatic rings. The van der Waals surface area contributed by atoms with Crippen molar-refractivity contribution >= 4 is 5.96 Å². The monoisotopic (exact) mass is 319 g/mol. The third kappa shape index (κ3) is 5.49. The van der Waals surface area contributed by atoms with Crippen molar-refractivity contribution < 1.29 is 13.6 Å². The molecule has 0 saturated heterocycles. The zero-order chi connectivity index (χ0) is 16.5. The lowest BCUT2D eigenvalue weighted by Crippen LogP contribution is -2.39. The number of nitrogens with zero attached hydrogens (tertiary/aromatic N) is 2. The van der Waals surface area contributed by atoms with Crippen LogP contribution in [0.15, 0.2) is 44.6 Å². The topological polar surface area (TPSA) is 63.1 Å². The predicted molar refractivity (Wildman–Crippen MR) is 89.5 cm³/mol. The van der Waals surface area contributed by atoms with Crippen molar-refractivity contribution in [3.8, 4) is 0 Å². The molecule has 1 N–H and O–H groups in total. The molecule has 0 aliphatic rings. The van der Waals surface area contributed by atoms with Crippen LogP contribution in [0.4, 0.5) is 0 Å². The van der Waals surface area contributed by atoms with E-state index in [1.165, 1.54) is 0 Å². The molecular weight excluding hydrogens is 294 g/mol. The van der Waals surface area contributed by atoms with E-state index in [2.05, 4.69) is 15.2 Å². The summed E-state index contributed by atoms with van der Waals surface area (Å²) in [6.45, 7) is 4.68. The summed E-state index contributed by atoms with van der Waals surface area (Å²) in [7, 11) is 3.69. The van der Waals surface area contributed by atoms with Crippen LogP contribution in [0.1, 0.15) is 17.1 Å². The summed E-state index contributed by atoms with van der Waals surface area (Å²) in [5.41, 5.74) is 1.15.